The zero-order valence-corrected chi connectivity index (χ0v) is 9.52. The predicted molar refractivity (Wildman–Crippen MR) is 64.5 cm³/mol. The second kappa shape index (κ2) is 3.87. The molecular formula is C11H15N5O. The molecule has 0 radical (unpaired) electrons. The highest BCUT2D eigenvalue weighted by Gasteiger charge is 2.19. The molecule has 2 aromatic heterocycles. The van der Waals surface area contributed by atoms with Gasteiger partial charge in [-0.3, -0.25) is 9.36 Å². The van der Waals surface area contributed by atoms with E-state index in [4.69, 9.17) is 5.73 Å². The molecule has 3 N–H and O–H groups in total. The van der Waals surface area contributed by atoms with Crippen LogP contribution in [0.15, 0.2) is 11.1 Å². The molecule has 1 saturated carbocycles. The lowest BCUT2D eigenvalue weighted by Gasteiger charge is -2.13. The number of anilines is 1. The number of hydrogen-bond acceptors (Lipinski definition) is 4. The van der Waals surface area contributed by atoms with Crippen LogP contribution in [0.1, 0.15) is 25.7 Å². The van der Waals surface area contributed by atoms with Crippen LogP contribution in [0.2, 0.25) is 0 Å². The van der Waals surface area contributed by atoms with E-state index in [2.05, 4.69) is 15.0 Å². The van der Waals surface area contributed by atoms with Crippen molar-refractivity contribution >= 4 is 17.1 Å². The van der Waals surface area contributed by atoms with E-state index in [1.807, 2.05) is 0 Å². The van der Waals surface area contributed by atoms with Gasteiger partial charge in [-0.1, -0.05) is 12.8 Å². The van der Waals surface area contributed by atoms with Crippen LogP contribution in [0.25, 0.3) is 11.2 Å². The van der Waals surface area contributed by atoms with Crippen LogP contribution in [0.5, 0.6) is 0 Å². The smallest absolute Gasteiger partial charge is 0.283 e. The molecule has 90 valence electrons. The van der Waals surface area contributed by atoms with Crippen molar-refractivity contribution in [2.75, 3.05) is 5.73 Å². The quantitative estimate of drug-likeness (QED) is 0.806. The highest BCUT2D eigenvalue weighted by Crippen LogP contribution is 2.26. The lowest BCUT2D eigenvalue weighted by atomic mass is 10.1. The minimum absolute atomic E-state index is 0.138. The van der Waals surface area contributed by atoms with Gasteiger partial charge in [0, 0.05) is 6.54 Å². The van der Waals surface area contributed by atoms with Crippen molar-refractivity contribution in [1.29, 1.82) is 0 Å². The molecule has 2 aromatic rings. The minimum Gasteiger partial charge on any atom is -0.369 e. The second-order valence-corrected chi connectivity index (χ2v) is 4.64. The molecule has 0 amide bonds. The summed E-state index contributed by atoms with van der Waals surface area (Å²) in [5.74, 6) is 0.826. The van der Waals surface area contributed by atoms with E-state index in [1.54, 1.807) is 4.57 Å². The van der Waals surface area contributed by atoms with Gasteiger partial charge in [0.1, 0.15) is 0 Å². The van der Waals surface area contributed by atoms with Crippen molar-refractivity contribution in [2.45, 2.75) is 32.2 Å². The highest BCUT2D eigenvalue weighted by atomic mass is 16.1. The van der Waals surface area contributed by atoms with Crippen molar-refractivity contribution in [3.8, 4) is 0 Å². The van der Waals surface area contributed by atoms with Gasteiger partial charge in [-0.25, -0.2) is 4.98 Å². The average molecular weight is 233 g/mol. The highest BCUT2D eigenvalue weighted by molar-refractivity contribution is 5.69. The Morgan fingerprint density at radius 3 is 3.00 bits per heavy atom. The minimum atomic E-state index is -0.138. The van der Waals surface area contributed by atoms with Gasteiger partial charge in [-0.05, 0) is 18.8 Å². The Morgan fingerprint density at radius 2 is 2.24 bits per heavy atom. The number of nitrogens with zero attached hydrogens (tertiary/aromatic N) is 3. The van der Waals surface area contributed by atoms with Gasteiger partial charge in [0.05, 0.1) is 6.33 Å². The first kappa shape index (κ1) is 10.3. The molecule has 1 fully saturated rings. The Hall–Kier alpha value is -1.85. The van der Waals surface area contributed by atoms with E-state index in [0.29, 0.717) is 23.6 Å². The summed E-state index contributed by atoms with van der Waals surface area (Å²) >= 11 is 0. The molecule has 1 aliphatic carbocycles. The lowest BCUT2D eigenvalue weighted by molar-refractivity contribution is 0.451. The first-order valence-corrected chi connectivity index (χ1v) is 5.95. The van der Waals surface area contributed by atoms with Gasteiger partial charge in [0.25, 0.3) is 5.56 Å². The number of nitrogen functional groups attached to an aromatic ring is 1. The third-order valence-corrected chi connectivity index (χ3v) is 3.49. The fraction of sp³-hybridized carbons (Fsp3) is 0.545. The van der Waals surface area contributed by atoms with E-state index in [1.165, 1.54) is 32.0 Å². The summed E-state index contributed by atoms with van der Waals surface area (Å²) in [6.07, 6.45) is 6.31. The Balaban J connectivity index is 2.05. The topological polar surface area (TPSA) is 89.6 Å². The number of nitrogens with two attached hydrogens (primary N) is 1. The van der Waals surface area contributed by atoms with Crippen LogP contribution in [-0.2, 0) is 6.54 Å². The third-order valence-electron chi connectivity index (χ3n) is 3.49. The molecule has 0 spiro atoms. The summed E-state index contributed by atoms with van der Waals surface area (Å²) in [4.78, 5) is 23.1. The van der Waals surface area contributed by atoms with Gasteiger partial charge < -0.3 is 10.7 Å². The Labute approximate surface area is 97.9 Å². The molecule has 17 heavy (non-hydrogen) atoms. The second-order valence-electron chi connectivity index (χ2n) is 4.64. The van der Waals surface area contributed by atoms with Crippen LogP contribution in [0.3, 0.4) is 0 Å². The van der Waals surface area contributed by atoms with Crippen LogP contribution < -0.4 is 11.3 Å². The summed E-state index contributed by atoms with van der Waals surface area (Å²) in [7, 11) is 0. The van der Waals surface area contributed by atoms with Crippen molar-refractivity contribution in [2.24, 2.45) is 5.92 Å². The van der Waals surface area contributed by atoms with Gasteiger partial charge >= 0.3 is 0 Å². The molecule has 0 aromatic carbocycles. The van der Waals surface area contributed by atoms with Crippen molar-refractivity contribution in [1.82, 2.24) is 19.5 Å². The van der Waals surface area contributed by atoms with Crippen molar-refractivity contribution < 1.29 is 0 Å². The van der Waals surface area contributed by atoms with Gasteiger partial charge in [0.2, 0.25) is 5.95 Å². The molecule has 0 aliphatic heterocycles. The number of aromatic amines is 1. The van der Waals surface area contributed by atoms with E-state index in [0.717, 1.165) is 0 Å². The van der Waals surface area contributed by atoms with Crippen LogP contribution in [0.4, 0.5) is 5.95 Å². The maximum Gasteiger partial charge on any atom is 0.283 e. The fourth-order valence-corrected chi connectivity index (χ4v) is 2.56. The molecule has 3 rings (SSSR count). The van der Waals surface area contributed by atoms with Crippen LogP contribution in [-0.4, -0.2) is 19.5 Å². The Bertz CT molecular complexity index is 593. The zero-order valence-electron chi connectivity index (χ0n) is 9.52. The number of nitrogens with one attached hydrogen (secondary N) is 1. The molecule has 0 bridgehead atoms. The third kappa shape index (κ3) is 1.69. The van der Waals surface area contributed by atoms with E-state index < -0.39 is 0 Å². The maximum absolute atomic E-state index is 12.2. The summed E-state index contributed by atoms with van der Waals surface area (Å²) in [6.45, 7) is 0.667. The molecule has 0 unspecified atom stereocenters. The molecule has 2 heterocycles. The van der Waals surface area contributed by atoms with E-state index >= 15 is 0 Å². The molecule has 0 atom stereocenters. The van der Waals surface area contributed by atoms with Crippen molar-refractivity contribution in [3.63, 3.8) is 0 Å². The largest absolute Gasteiger partial charge is 0.369 e. The molecule has 6 nitrogen and oxygen atoms in total. The number of hydrogen-bond donors (Lipinski definition) is 2. The van der Waals surface area contributed by atoms with Crippen LogP contribution >= 0.6 is 0 Å². The average Bonchev–Trinajstić information content (AvgIpc) is 2.94. The summed E-state index contributed by atoms with van der Waals surface area (Å²) in [5, 5.41) is 0. The first-order chi connectivity index (χ1) is 8.25. The molecular weight excluding hydrogens is 218 g/mol. The predicted octanol–water partition coefficient (Wildman–Crippen LogP) is 0.892. The van der Waals surface area contributed by atoms with E-state index in [-0.39, 0.29) is 11.5 Å². The number of fused-ring (bicyclic) bond motifs is 1. The zero-order chi connectivity index (χ0) is 11.8. The van der Waals surface area contributed by atoms with Gasteiger partial charge in [0.15, 0.2) is 11.2 Å². The number of aromatic nitrogens is 4. The summed E-state index contributed by atoms with van der Waals surface area (Å²) < 4.78 is 1.55. The van der Waals surface area contributed by atoms with Crippen molar-refractivity contribution in [3.05, 3.63) is 16.7 Å². The summed E-state index contributed by atoms with van der Waals surface area (Å²) in [5.41, 5.74) is 6.53. The fourth-order valence-electron chi connectivity index (χ4n) is 2.56. The van der Waals surface area contributed by atoms with Crippen LogP contribution in [0, 0.1) is 5.92 Å². The standard InChI is InChI=1S/C11H15N5O/c12-11-15-9-8(13-6-14-9)10(17)16(11)5-7-3-1-2-4-7/h6-7H,1-5H2,(H2,12,15)(H,13,14). The lowest BCUT2D eigenvalue weighted by Crippen LogP contribution is -2.27. The monoisotopic (exact) mass is 233 g/mol. The number of rotatable bonds is 2. The normalized spacial score (nSPS) is 16.9. The SMILES string of the molecule is Nc1nc2[nH]cnc2c(=O)n1CC1CCCC1. The molecule has 6 heteroatoms. The van der Waals surface area contributed by atoms with Gasteiger partial charge in [-0.15, -0.1) is 0 Å². The molecule has 0 saturated heterocycles. The maximum atomic E-state index is 12.2. The first-order valence-electron chi connectivity index (χ1n) is 5.95. The number of imidazole rings is 1. The van der Waals surface area contributed by atoms with E-state index in [9.17, 15) is 4.79 Å². The van der Waals surface area contributed by atoms with Gasteiger partial charge in [-0.2, -0.15) is 4.98 Å². The summed E-state index contributed by atoms with van der Waals surface area (Å²) in [6, 6.07) is 0. The molecule has 1 aliphatic rings. The Kier molecular flexibility index (Phi) is 2.35. The Morgan fingerprint density at radius 1 is 1.47 bits per heavy atom. The number of H-pyrrole nitrogens is 1.